The third kappa shape index (κ3) is 4.51. The topological polar surface area (TPSA) is 15.3 Å². The highest BCUT2D eigenvalue weighted by Gasteiger charge is 2.38. The molecule has 0 bridgehead atoms. The zero-order valence-electron chi connectivity index (χ0n) is 10.8. The van der Waals surface area contributed by atoms with Gasteiger partial charge in [-0.15, -0.1) is 0 Å². The number of piperidine rings is 1. The lowest BCUT2D eigenvalue weighted by Gasteiger charge is -2.31. The average Bonchev–Trinajstić information content (AvgIpc) is 2.39. The minimum atomic E-state index is -4.27. The predicted molar refractivity (Wildman–Crippen MR) is 68.5 cm³/mol. The van der Waals surface area contributed by atoms with Gasteiger partial charge in [0.15, 0.2) is 0 Å². The fourth-order valence-electron chi connectivity index (χ4n) is 2.45. The summed E-state index contributed by atoms with van der Waals surface area (Å²) in [5, 5.41) is 3.16. The molecule has 2 nitrogen and oxygen atoms in total. The van der Waals surface area contributed by atoms with Crippen LogP contribution in [0.25, 0.3) is 0 Å². The summed E-state index contributed by atoms with van der Waals surface area (Å²) in [4.78, 5) is 0.625. The molecule has 0 amide bonds. The highest BCUT2D eigenvalue weighted by Crippen LogP contribution is 2.26. The molecule has 0 aromatic heterocycles. The molecule has 1 aliphatic heterocycles. The van der Waals surface area contributed by atoms with E-state index in [9.17, 15) is 13.2 Å². The van der Waals surface area contributed by atoms with Crippen molar-refractivity contribution in [2.24, 2.45) is 5.92 Å². The van der Waals surface area contributed by atoms with Gasteiger partial charge in [0.1, 0.15) is 0 Å². The Morgan fingerprint density at radius 1 is 1.21 bits per heavy atom. The summed E-state index contributed by atoms with van der Waals surface area (Å²) in [6.07, 6.45) is -2.44. The molecule has 1 unspecified atom stereocenters. The largest absolute Gasteiger partial charge is 0.460 e. The van der Waals surface area contributed by atoms with Crippen molar-refractivity contribution in [2.75, 3.05) is 19.6 Å². The van der Waals surface area contributed by atoms with Gasteiger partial charge in [-0.3, -0.25) is 0 Å². The molecule has 19 heavy (non-hydrogen) atoms. The Morgan fingerprint density at radius 3 is 2.53 bits per heavy atom. The fourth-order valence-corrected chi connectivity index (χ4v) is 2.45. The Labute approximate surface area is 111 Å². The van der Waals surface area contributed by atoms with E-state index in [-0.39, 0.29) is 19.0 Å². The van der Waals surface area contributed by atoms with E-state index >= 15 is 0 Å². The molecule has 0 spiro atoms. The van der Waals surface area contributed by atoms with Crippen molar-refractivity contribution in [3.05, 3.63) is 35.9 Å². The van der Waals surface area contributed by atoms with Crippen molar-refractivity contribution in [3.8, 4) is 0 Å². The second kappa shape index (κ2) is 6.39. The third-order valence-electron chi connectivity index (χ3n) is 3.45. The molecular weight excluding hydrogens is 253 g/mol. The van der Waals surface area contributed by atoms with Gasteiger partial charge in [-0.1, -0.05) is 30.3 Å². The minimum absolute atomic E-state index is 0.0686. The Kier molecular flexibility index (Phi) is 4.82. The Bertz CT molecular complexity index is 372. The van der Waals surface area contributed by atoms with Crippen LogP contribution in [0.1, 0.15) is 18.4 Å². The zero-order chi connectivity index (χ0) is 13.7. The van der Waals surface area contributed by atoms with Gasteiger partial charge in [-0.25, -0.2) is 4.90 Å². The molecule has 1 N–H and O–H groups in total. The maximum absolute atomic E-state index is 13.1. The van der Waals surface area contributed by atoms with Gasteiger partial charge < -0.3 is 5.32 Å². The summed E-state index contributed by atoms with van der Waals surface area (Å²) in [6, 6.07) is 8.82. The molecule has 1 aliphatic rings. The van der Waals surface area contributed by atoms with E-state index in [1.54, 1.807) is 24.3 Å². The number of nitrogens with one attached hydrogen (secondary N) is 1. The number of halogens is 3. The first kappa shape index (κ1) is 14.3. The Balaban J connectivity index is 1.99. The van der Waals surface area contributed by atoms with Crippen LogP contribution in [0.2, 0.25) is 0 Å². The predicted octanol–water partition coefficient (Wildman–Crippen LogP) is 3.01. The van der Waals surface area contributed by atoms with E-state index in [1.807, 2.05) is 6.07 Å². The van der Waals surface area contributed by atoms with Crippen LogP contribution < -0.4 is 5.32 Å². The van der Waals surface area contributed by atoms with E-state index in [2.05, 4.69) is 5.32 Å². The van der Waals surface area contributed by atoms with Crippen LogP contribution in [0.4, 0.5) is 13.2 Å². The Morgan fingerprint density at radius 2 is 1.95 bits per heavy atom. The van der Waals surface area contributed by atoms with Crippen molar-refractivity contribution < 1.29 is 13.2 Å². The number of hydrogen-bond donors (Lipinski definition) is 1. The number of nitrogens with zero attached hydrogens (tertiary/aromatic N) is 1. The first-order valence-electron chi connectivity index (χ1n) is 6.62. The average molecular weight is 272 g/mol. The van der Waals surface area contributed by atoms with Gasteiger partial charge in [-0.2, -0.15) is 13.2 Å². The van der Waals surface area contributed by atoms with Crippen molar-refractivity contribution in [1.29, 1.82) is 0 Å². The zero-order valence-corrected chi connectivity index (χ0v) is 10.8. The molecule has 2 rings (SSSR count). The molecule has 1 aromatic carbocycles. The first-order chi connectivity index (χ1) is 9.05. The van der Waals surface area contributed by atoms with Crippen LogP contribution in [0.15, 0.2) is 30.3 Å². The number of hydrogen-bond acceptors (Lipinski definition) is 2. The minimum Gasteiger partial charge on any atom is -0.316 e. The molecule has 1 aromatic rings. The summed E-state index contributed by atoms with van der Waals surface area (Å²) >= 11 is 0. The van der Waals surface area contributed by atoms with Crippen LogP contribution in [-0.2, 0) is 6.54 Å². The molecule has 5 heteroatoms. The summed E-state index contributed by atoms with van der Waals surface area (Å²) in [5.74, 6) is 0.0825. The van der Waals surface area contributed by atoms with Crippen LogP contribution in [0, 0.1) is 5.92 Å². The third-order valence-corrected chi connectivity index (χ3v) is 3.45. The Hall–Kier alpha value is -1.07. The summed E-state index contributed by atoms with van der Waals surface area (Å²) in [5.41, 5.74) is 0.698. The number of benzene rings is 1. The number of rotatable bonds is 4. The summed E-state index contributed by atoms with van der Waals surface area (Å²) in [6.45, 7) is 1.61. The number of alkyl halides is 3. The molecule has 1 fully saturated rings. The van der Waals surface area contributed by atoms with Crippen molar-refractivity contribution in [2.45, 2.75) is 25.7 Å². The molecule has 1 saturated heterocycles. The van der Waals surface area contributed by atoms with Crippen molar-refractivity contribution in [3.63, 3.8) is 0 Å². The maximum Gasteiger partial charge on any atom is 0.460 e. The SMILES string of the molecule is FC(F)(F)N(Cc1ccccc1)CC1CCCNC1. The van der Waals surface area contributed by atoms with Crippen LogP contribution in [-0.4, -0.2) is 30.8 Å². The van der Waals surface area contributed by atoms with Gasteiger partial charge in [-0.05, 0) is 37.4 Å². The molecular formula is C14H19F3N2. The van der Waals surface area contributed by atoms with Gasteiger partial charge in [0, 0.05) is 13.1 Å². The van der Waals surface area contributed by atoms with Gasteiger partial charge in [0.2, 0.25) is 0 Å². The van der Waals surface area contributed by atoms with E-state index in [1.165, 1.54) is 0 Å². The van der Waals surface area contributed by atoms with Gasteiger partial charge in [0.25, 0.3) is 0 Å². The highest BCUT2D eigenvalue weighted by molar-refractivity contribution is 5.14. The molecule has 1 heterocycles. The highest BCUT2D eigenvalue weighted by atomic mass is 19.4. The van der Waals surface area contributed by atoms with Crippen molar-refractivity contribution in [1.82, 2.24) is 10.2 Å². The molecule has 0 saturated carbocycles. The van der Waals surface area contributed by atoms with Gasteiger partial charge >= 0.3 is 6.30 Å². The lowest BCUT2D eigenvalue weighted by molar-refractivity contribution is -0.252. The molecule has 106 valence electrons. The molecule has 1 atom stereocenters. The summed E-state index contributed by atoms with van der Waals surface area (Å²) in [7, 11) is 0. The van der Waals surface area contributed by atoms with E-state index < -0.39 is 6.30 Å². The van der Waals surface area contributed by atoms with Gasteiger partial charge in [0.05, 0.1) is 0 Å². The van der Waals surface area contributed by atoms with E-state index in [0.717, 1.165) is 19.4 Å². The molecule has 0 aliphatic carbocycles. The quantitative estimate of drug-likeness (QED) is 0.848. The second-order valence-corrected chi connectivity index (χ2v) is 5.05. The van der Waals surface area contributed by atoms with Crippen molar-refractivity contribution >= 4 is 0 Å². The lowest BCUT2D eigenvalue weighted by atomic mass is 9.99. The van der Waals surface area contributed by atoms with E-state index in [4.69, 9.17) is 0 Å². The van der Waals surface area contributed by atoms with E-state index in [0.29, 0.717) is 17.0 Å². The lowest BCUT2D eigenvalue weighted by Crippen LogP contribution is -2.44. The van der Waals surface area contributed by atoms with Crippen LogP contribution in [0.3, 0.4) is 0 Å². The van der Waals surface area contributed by atoms with Crippen LogP contribution in [0.5, 0.6) is 0 Å². The molecule has 0 radical (unpaired) electrons. The standard InChI is InChI=1S/C14H19F3N2/c15-14(16,17)19(10-12-5-2-1-3-6-12)11-13-7-4-8-18-9-13/h1-3,5-6,13,18H,4,7-11H2. The maximum atomic E-state index is 13.1. The second-order valence-electron chi connectivity index (χ2n) is 5.05. The normalized spacial score (nSPS) is 20.7. The monoisotopic (exact) mass is 272 g/mol. The first-order valence-corrected chi connectivity index (χ1v) is 6.62. The fraction of sp³-hybridized carbons (Fsp3) is 0.571. The van der Waals surface area contributed by atoms with Crippen LogP contribution >= 0.6 is 0 Å². The smallest absolute Gasteiger partial charge is 0.316 e. The summed E-state index contributed by atoms with van der Waals surface area (Å²) < 4.78 is 39.2.